The smallest absolute Gasteiger partial charge is 0.306 e. The number of piperidine rings is 1. The van der Waals surface area contributed by atoms with E-state index in [-0.39, 0.29) is 17.7 Å². The summed E-state index contributed by atoms with van der Waals surface area (Å²) in [5.41, 5.74) is 2.67. The molecule has 1 aliphatic rings. The Bertz CT molecular complexity index is 823. The molecule has 0 aliphatic carbocycles. The maximum absolute atomic E-state index is 12.6. The summed E-state index contributed by atoms with van der Waals surface area (Å²) in [6.07, 6.45) is 0.811. The normalized spacial score (nSPS) is 19.5. The maximum Gasteiger partial charge on any atom is 0.306 e. The number of aliphatic carboxylic acids is 1. The van der Waals surface area contributed by atoms with E-state index < -0.39 is 5.97 Å². The van der Waals surface area contributed by atoms with Crippen molar-refractivity contribution in [2.24, 2.45) is 11.8 Å². The van der Waals surface area contributed by atoms with E-state index in [2.05, 4.69) is 5.16 Å². The number of ether oxygens (including phenoxy) is 1. The molecule has 2 atom stereocenters. The standard InChI is InChI=1S/C21H26N2O5/c1-13-11-23(9-8-18(13)21(25)26)20(24)10-16-4-6-17(7-5-16)27-12-19-14(2)22-28-15(19)3/h4-7,13,18H,8-12H2,1-3H3,(H,25,26). The van der Waals surface area contributed by atoms with Gasteiger partial charge in [-0.1, -0.05) is 24.2 Å². The molecule has 1 N–H and O–H groups in total. The van der Waals surface area contributed by atoms with Crippen LogP contribution in [0.2, 0.25) is 0 Å². The number of hydrogen-bond donors (Lipinski definition) is 1. The molecule has 0 spiro atoms. The lowest BCUT2D eigenvalue weighted by Gasteiger charge is -2.35. The number of rotatable bonds is 6. The first-order chi connectivity index (χ1) is 13.3. The number of nitrogens with zero attached hydrogens (tertiary/aromatic N) is 2. The van der Waals surface area contributed by atoms with E-state index >= 15 is 0 Å². The predicted octanol–water partition coefficient (Wildman–Crippen LogP) is 2.98. The lowest BCUT2D eigenvalue weighted by atomic mass is 9.87. The van der Waals surface area contributed by atoms with Crippen LogP contribution in [0.25, 0.3) is 0 Å². The van der Waals surface area contributed by atoms with Crippen molar-refractivity contribution in [3.05, 3.63) is 46.8 Å². The van der Waals surface area contributed by atoms with E-state index in [4.69, 9.17) is 9.26 Å². The average Bonchev–Trinajstić information content (AvgIpc) is 2.98. The Morgan fingerprint density at radius 2 is 2.00 bits per heavy atom. The fraction of sp³-hybridized carbons (Fsp3) is 0.476. The topological polar surface area (TPSA) is 92.9 Å². The highest BCUT2D eigenvalue weighted by molar-refractivity contribution is 5.79. The van der Waals surface area contributed by atoms with Crippen LogP contribution in [0, 0.1) is 25.7 Å². The second-order valence-electron chi connectivity index (χ2n) is 7.46. The zero-order chi connectivity index (χ0) is 20.3. The van der Waals surface area contributed by atoms with Crippen LogP contribution in [0.5, 0.6) is 5.75 Å². The number of carbonyl (C=O) groups excluding carboxylic acids is 1. The van der Waals surface area contributed by atoms with Gasteiger partial charge in [0.1, 0.15) is 18.1 Å². The minimum absolute atomic E-state index is 0.0279. The Hall–Kier alpha value is -2.83. The monoisotopic (exact) mass is 386 g/mol. The van der Waals surface area contributed by atoms with Crippen molar-refractivity contribution in [2.75, 3.05) is 13.1 Å². The molecular weight excluding hydrogens is 360 g/mol. The first kappa shape index (κ1) is 19.9. The van der Waals surface area contributed by atoms with E-state index in [1.807, 2.05) is 45.0 Å². The van der Waals surface area contributed by atoms with Crippen molar-refractivity contribution in [2.45, 2.75) is 40.2 Å². The summed E-state index contributed by atoms with van der Waals surface area (Å²) >= 11 is 0. The Morgan fingerprint density at radius 3 is 2.57 bits per heavy atom. The van der Waals surface area contributed by atoms with Crippen molar-refractivity contribution in [3.63, 3.8) is 0 Å². The Balaban J connectivity index is 1.53. The van der Waals surface area contributed by atoms with Crippen LogP contribution in [0.1, 0.15) is 35.9 Å². The second-order valence-corrected chi connectivity index (χ2v) is 7.46. The molecule has 1 saturated heterocycles. The van der Waals surface area contributed by atoms with Crippen molar-refractivity contribution < 1.29 is 24.0 Å². The van der Waals surface area contributed by atoms with Gasteiger partial charge in [0, 0.05) is 13.1 Å². The molecular formula is C21H26N2O5. The van der Waals surface area contributed by atoms with Gasteiger partial charge in [-0.05, 0) is 43.9 Å². The SMILES string of the molecule is Cc1noc(C)c1COc1ccc(CC(=O)N2CCC(C(=O)O)C(C)C2)cc1. The number of amides is 1. The molecule has 1 amide bonds. The molecule has 28 heavy (non-hydrogen) atoms. The van der Waals surface area contributed by atoms with E-state index in [0.717, 1.165) is 22.6 Å². The van der Waals surface area contributed by atoms with Gasteiger partial charge in [-0.25, -0.2) is 0 Å². The van der Waals surface area contributed by atoms with Gasteiger partial charge in [0.15, 0.2) is 0 Å². The predicted molar refractivity (Wildman–Crippen MR) is 102 cm³/mol. The summed E-state index contributed by atoms with van der Waals surface area (Å²) in [7, 11) is 0. The molecule has 0 radical (unpaired) electrons. The molecule has 2 aromatic rings. The number of likely N-dealkylation sites (tertiary alicyclic amines) is 1. The first-order valence-electron chi connectivity index (χ1n) is 9.49. The molecule has 1 fully saturated rings. The van der Waals surface area contributed by atoms with Crippen molar-refractivity contribution in [1.29, 1.82) is 0 Å². The maximum atomic E-state index is 12.6. The number of aryl methyl sites for hydroxylation is 2. The molecule has 3 rings (SSSR count). The van der Waals surface area contributed by atoms with Gasteiger partial charge in [-0.3, -0.25) is 9.59 Å². The number of hydrogen-bond acceptors (Lipinski definition) is 5. The molecule has 0 bridgehead atoms. The lowest BCUT2D eigenvalue weighted by molar-refractivity contribution is -0.148. The minimum atomic E-state index is -0.772. The van der Waals surface area contributed by atoms with Crippen LogP contribution < -0.4 is 4.74 Å². The van der Waals surface area contributed by atoms with Crippen LogP contribution in [-0.4, -0.2) is 40.1 Å². The second kappa shape index (κ2) is 8.46. The summed E-state index contributed by atoms with van der Waals surface area (Å²) < 4.78 is 10.9. The van der Waals surface area contributed by atoms with Gasteiger partial charge in [0.05, 0.1) is 23.6 Å². The van der Waals surface area contributed by atoms with Crippen molar-refractivity contribution in [3.8, 4) is 5.75 Å². The highest BCUT2D eigenvalue weighted by Gasteiger charge is 2.32. The Kier molecular flexibility index (Phi) is 6.02. The highest BCUT2D eigenvalue weighted by Crippen LogP contribution is 2.24. The van der Waals surface area contributed by atoms with Crippen LogP contribution in [0.4, 0.5) is 0 Å². The third-order valence-electron chi connectivity index (χ3n) is 5.42. The van der Waals surface area contributed by atoms with Crippen LogP contribution in [0.3, 0.4) is 0 Å². The summed E-state index contributed by atoms with van der Waals surface area (Å²) in [5.74, 6) is 0.327. The van der Waals surface area contributed by atoms with Crippen molar-refractivity contribution in [1.82, 2.24) is 10.1 Å². The number of carboxylic acid groups (broad SMARTS) is 1. The number of benzene rings is 1. The molecule has 7 nitrogen and oxygen atoms in total. The van der Waals surface area contributed by atoms with Gasteiger partial charge in [-0.15, -0.1) is 0 Å². The first-order valence-corrected chi connectivity index (χ1v) is 9.49. The summed E-state index contributed by atoms with van der Waals surface area (Å²) in [4.78, 5) is 25.5. The highest BCUT2D eigenvalue weighted by atomic mass is 16.5. The van der Waals surface area contributed by atoms with Crippen molar-refractivity contribution >= 4 is 11.9 Å². The third kappa shape index (κ3) is 4.52. The largest absolute Gasteiger partial charge is 0.489 e. The van der Waals surface area contributed by atoms with Gasteiger partial charge in [0.25, 0.3) is 0 Å². The summed E-state index contributed by atoms with van der Waals surface area (Å²) in [6.45, 7) is 7.00. The fourth-order valence-corrected chi connectivity index (χ4v) is 3.59. The minimum Gasteiger partial charge on any atom is -0.489 e. The quantitative estimate of drug-likeness (QED) is 0.820. The molecule has 1 aromatic carbocycles. The Labute approximate surface area is 164 Å². The fourth-order valence-electron chi connectivity index (χ4n) is 3.59. The van der Waals surface area contributed by atoms with E-state index in [9.17, 15) is 14.7 Å². The average molecular weight is 386 g/mol. The number of aromatic nitrogens is 1. The molecule has 1 aromatic heterocycles. The van der Waals surface area contributed by atoms with Crippen LogP contribution >= 0.6 is 0 Å². The van der Waals surface area contributed by atoms with Gasteiger partial charge >= 0.3 is 5.97 Å². The van der Waals surface area contributed by atoms with Crippen LogP contribution in [0.15, 0.2) is 28.8 Å². The lowest BCUT2D eigenvalue weighted by Crippen LogP contribution is -2.45. The zero-order valence-corrected chi connectivity index (χ0v) is 16.5. The third-order valence-corrected chi connectivity index (χ3v) is 5.42. The van der Waals surface area contributed by atoms with Gasteiger partial charge < -0.3 is 19.3 Å². The zero-order valence-electron chi connectivity index (χ0n) is 16.5. The summed E-state index contributed by atoms with van der Waals surface area (Å²) in [5, 5.41) is 13.1. The number of carboxylic acids is 1. The molecule has 150 valence electrons. The van der Waals surface area contributed by atoms with E-state index in [1.165, 1.54) is 0 Å². The molecule has 2 unspecified atom stereocenters. The summed E-state index contributed by atoms with van der Waals surface area (Å²) in [6, 6.07) is 7.46. The molecule has 2 heterocycles. The molecule has 7 heteroatoms. The molecule has 0 saturated carbocycles. The van der Waals surface area contributed by atoms with Gasteiger partial charge in [-0.2, -0.15) is 0 Å². The van der Waals surface area contributed by atoms with E-state index in [0.29, 0.717) is 38.3 Å². The van der Waals surface area contributed by atoms with Gasteiger partial charge in [0.2, 0.25) is 5.91 Å². The van der Waals surface area contributed by atoms with Crippen LogP contribution in [-0.2, 0) is 22.6 Å². The number of carbonyl (C=O) groups is 2. The Morgan fingerprint density at radius 1 is 1.29 bits per heavy atom. The molecule has 1 aliphatic heterocycles. The van der Waals surface area contributed by atoms with E-state index in [1.54, 1.807) is 4.90 Å².